The summed E-state index contributed by atoms with van der Waals surface area (Å²) in [5, 5.41) is 20.2. The van der Waals surface area contributed by atoms with Crippen LogP contribution in [0.15, 0.2) is 58.8 Å². The van der Waals surface area contributed by atoms with Gasteiger partial charge in [-0.25, -0.2) is 9.59 Å². The van der Waals surface area contributed by atoms with Crippen molar-refractivity contribution in [3.63, 3.8) is 0 Å². The fourth-order valence-electron chi connectivity index (χ4n) is 6.23. The molecule has 4 rings (SSSR count). The molecule has 0 bridgehead atoms. The van der Waals surface area contributed by atoms with Gasteiger partial charge in [-0.1, -0.05) is 27.7 Å². The second-order valence-corrected chi connectivity index (χ2v) is 13.4. The lowest BCUT2D eigenvalue weighted by Gasteiger charge is -2.31. The van der Waals surface area contributed by atoms with Crippen LogP contribution in [0.5, 0.6) is 0 Å². The normalized spacial score (nSPS) is 18.4. The summed E-state index contributed by atoms with van der Waals surface area (Å²) >= 11 is 0. The van der Waals surface area contributed by atoms with Gasteiger partial charge in [0.25, 0.3) is 0 Å². The first-order chi connectivity index (χ1) is 24.4. The van der Waals surface area contributed by atoms with E-state index >= 15 is 0 Å². The zero-order valence-corrected chi connectivity index (χ0v) is 30.2. The highest BCUT2D eigenvalue weighted by atomic mass is 16.5. The number of carbonyl (C=O) groups is 5. The van der Waals surface area contributed by atoms with Crippen molar-refractivity contribution in [3.8, 4) is 0 Å². The minimum Gasteiger partial charge on any atom is -0.453 e. The molecule has 4 N–H and O–H groups in total. The molecule has 2 saturated heterocycles. The number of carbonyl (C=O) groups excluding carboxylic acids is 5. The summed E-state index contributed by atoms with van der Waals surface area (Å²) in [6.45, 7) is 9.07. The van der Waals surface area contributed by atoms with Crippen LogP contribution in [0.4, 0.5) is 32.3 Å². The molecule has 0 saturated carbocycles. The molecule has 0 radical (unpaired) electrons. The molecule has 2 heterocycles. The van der Waals surface area contributed by atoms with Gasteiger partial charge in [-0.15, -0.1) is 0 Å². The molecule has 2 aliphatic rings. The first-order valence-electron chi connectivity index (χ1n) is 17.4. The molecule has 2 aromatic rings. The van der Waals surface area contributed by atoms with E-state index in [0.717, 1.165) is 18.5 Å². The number of benzene rings is 2. The molecule has 276 valence electrons. The van der Waals surface area contributed by atoms with E-state index in [4.69, 9.17) is 4.74 Å². The van der Waals surface area contributed by atoms with E-state index in [9.17, 15) is 24.0 Å². The molecule has 15 nitrogen and oxygen atoms in total. The van der Waals surface area contributed by atoms with Crippen LogP contribution in [0.3, 0.4) is 0 Å². The van der Waals surface area contributed by atoms with Gasteiger partial charge < -0.3 is 40.5 Å². The van der Waals surface area contributed by atoms with Gasteiger partial charge in [-0.3, -0.25) is 14.4 Å². The summed E-state index contributed by atoms with van der Waals surface area (Å²) in [4.78, 5) is 66.7. The Kier molecular flexibility index (Phi) is 13.7. The maximum absolute atomic E-state index is 13.3. The lowest BCUT2D eigenvalue weighted by Crippen LogP contribution is -2.54. The predicted octanol–water partition coefficient (Wildman–Crippen LogP) is 5.20. The van der Waals surface area contributed by atoms with Crippen LogP contribution in [0.1, 0.15) is 53.4 Å². The van der Waals surface area contributed by atoms with E-state index in [1.807, 2.05) is 56.9 Å². The van der Waals surface area contributed by atoms with Crippen molar-refractivity contribution in [3.05, 3.63) is 48.5 Å². The van der Waals surface area contributed by atoms with Crippen LogP contribution in [0, 0.1) is 11.8 Å². The zero-order chi connectivity index (χ0) is 37.1. The van der Waals surface area contributed by atoms with Crippen molar-refractivity contribution in [2.24, 2.45) is 22.1 Å². The number of methoxy groups -OCH3 is 2. The molecule has 2 aliphatic heterocycles. The molecular weight excluding hydrogens is 656 g/mol. The third kappa shape index (κ3) is 10.4. The van der Waals surface area contributed by atoms with Gasteiger partial charge in [0.15, 0.2) is 0 Å². The largest absolute Gasteiger partial charge is 0.453 e. The van der Waals surface area contributed by atoms with Crippen molar-refractivity contribution in [2.75, 3.05) is 44.5 Å². The van der Waals surface area contributed by atoms with Crippen molar-refractivity contribution in [1.29, 1.82) is 0 Å². The summed E-state index contributed by atoms with van der Waals surface area (Å²) in [5.41, 5.74) is 2.68. The number of nitrogens with zero attached hydrogens (tertiary/aromatic N) is 4. The molecule has 15 heteroatoms. The average Bonchev–Trinajstić information content (AvgIpc) is 3.82. The maximum atomic E-state index is 13.3. The monoisotopic (exact) mass is 706 g/mol. The van der Waals surface area contributed by atoms with Crippen molar-refractivity contribution >= 4 is 52.7 Å². The predicted molar refractivity (Wildman–Crippen MR) is 192 cm³/mol. The maximum Gasteiger partial charge on any atom is 0.407 e. The summed E-state index contributed by atoms with van der Waals surface area (Å²) in [6.07, 6.45) is 1.65. The van der Waals surface area contributed by atoms with Gasteiger partial charge in [0, 0.05) is 37.1 Å². The van der Waals surface area contributed by atoms with E-state index in [0.29, 0.717) is 49.5 Å². The highest BCUT2D eigenvalue weighted by molar-refractivity contribution is 5.98. The molecule has 2 aromatic carbocycles. The number of nitrogens with one attached hydrogen (secondary N) is 4. The first kappa shape index (κ1) is 38.6. The van der Waals surface area contributed by atoms with Gasteiger partial charge in [0.05, 0.1) is 25.6 Å². The van der Waals surface area contributed by atoms with E-state index < -0.39 is 30.3 Å². The van der Waals surface area contributed by atoms with Gasteiger partial charge in [-0.2, -0.15) is 10.2 Å². The average molecular weight is 707 g/mol. The number of anilines is 2. The standard InChI is InChI=1S/C36H50N8O7/c1-22(2)30(39-35(48)50-5)33(46)43-19-7-9-28(43)21-37-24-11-15-26(16-12-24)41-42-27-17-13-25(14-18-27)38-32(45)29-10-8-20-44(29)34(47)31(23(3)4)40-36(49)51-6/h11-18,22-23,28-31,37H,7-10,19-21H2,1-6H3,(H,38,45)(H,39,48)(H,40,49). The van der Waals surface area contributed by atoms with Crippen molar-refractivity contribution < 1.29 is 33.4 Å². The number of likely N-dealkylation sites (tertiary alicyclic amines) is 2. The van der Waals surface area contributed by atoms with Crippen LogP contribution in [0.25, 0.3) is 0 Å². The fraction of sp³-hybridized carbons (Fsp3) is 0.528. The Balaban J connectivity index is 1.28. The summed E-state index contributed by atoms with van der Waals surface area (Å²) in [5.74, 6) is -0.991. The number of hydrogen-bond donors (Lipinski definition) is 4. The highest BCUT2D eigenvalue weighted by Crippen LogP contribution is 2.26. The van der Waals surface area contributed by atoms with Crippen LogP contribution in [-0.2, 0) is 23.9 Å². The molecule has 0 spiro atoms. The SMILES string of the molecule is COC(=O)NC(C(=O)N1CCCC1CNc1ccc(N=Nc2ccc(NC(=O)C3CCCN3C(=O)C(NC(=O)OC)C(C)C)cc2)cc1)C(C)C. The van der Waals surface area contributed by atoms with Crippen LogP contribution < -0.4 is 21.3 Å². The van der Waals surface area contributed by atoms with Gasteiger partial charge in [0.1, 0.15) is 18.1 Å². The number of alkyl carbamates (subject to hydrolysis) is 2. The van der Waals surface area contributed by atoms with E-state index in [2.05, 4.69) is 36.2 Å². The Hall–Kier alpha value is -5.21. The summed E-state index contributed by atoms with van der Waals surface area (Å²) in [7, 11) is 2.52. The third-order valence-electron chi connectivity index (χ3n) is 9.11. The Morgan fingerprint density at radius 1 is 0.706 bits per heavy atom. The third-order valence-corrected chi connectivity index (χ3v) is 9.11. The number of hydrogen-bond acceptors (Lipinski definition) is 10. The van der Waals surface area contributed by atoms with Gasteiger partial charge in [-0.05, 0) is 86.1 Å². The number of rotatable bonds is 13. The number of ether oxygens (including phenoxy) is 2. The smallest absolute Gasteiger partial charge is 0.407 e. The molecule has 4 unspecified atom stereocenters. The number of azo groups is 1. The molecule has 51 heavy (non-hydrogen) atoms. The Labute approximate surface area is 298 Å². The minimum atomic E-state index is -0.801. The summed E-state index contributed by atoms with van der Waals surface area (Å²) < 4.78 is 9.38. The second-order valence-electron chi connectivity index (χ2n) is 13.4. The first-order valence-corrected chi connectivity index (χ1v) is 17.4. The number of amides is 5. The fourth-order valence-corrected chi connectivity index (χ4v) is 6.23. The minimum absolute atomic E-state index is 0.00234. The highest BCUT2D eigenvalue weighted by Gasteiger charge is 2.39. The molecular formula is C36H50N8O7. The quantitative estimate of drug-likeness (QED) is 0.205. The molecule has 4 atom stereocenters. The van der Waals surface area contributed by atoms with Crippen LogP contribution in [0.2, 0.25) is 0 Å². The molecule has 0 aromatic heterocycles. The zero-order valence-electron chi connectivity index (χ0n) is 30.2. The molecule has 0 aliphatic carbocycles. The van der Waals surface area contributed by atoms with E-state index in [1.54, 1.807) is 24.3 Å². The topological polar surface area (TPSA) is 183 Å². The Bertz CT molecular complexity index is 1550. The second kappa shape index (κ2) is 18.2. The van der Waals surface area contributed by atoms with Gasteiger partial charge in [0.2, 0.25) is 17.7 Å². The lowest BCUT2D eigenvalue weighted by molar-refractivity contribution is -0.139. The molecule has 5 amide bonds. The van der Waals surface area contributed by atoms with Crippen LogP contribution in [-0.4, -0.2) is 97.7 Å². The molecule has 2 fully saturated rings. The van der Waals surface area contributed by atoms with E-state index in [-0.39, 0.29) is 35.6 Å². The van der Waals surface area contributed by atoms with Crippen molar-refractivity contribution in [2.45, 2.75) is 77.5 Å². The Morgan fingerprint density at radius 3 is 1.69 bits per heavy atom. The lowest BCUT2D eigenvalue weighted by atomic mass is 10.0. The van der Waals surface area contributed by atoms with Crippen LogP contribution >= 0.6 is 0 Å². The Morgan fingerprint density at radius 2 is 1.18 bits per heavy atom. The van der Waals surface area contributed by atoms with Crippen molar-refractivity contribution in [1.82, 2.24) is 20.4 Å². The van der Waals surface area contributed by atoms with Gasteiger partial charge >= 0.3 is 12.2 Å². The van der Waals surface area contributed by atoms with E-state index in [1.165, 1.54) is 19.1 Å². The summed E-state index contributed by atoms with van der Waals surface area (Å²) in [6, 6.07) is 12.3.